The Hall–Kier alpha value is -2.30. The highest BCUT2D eigenvalue weighted by Crippen LogP contribution is 2.49. The van der Waals surface area contributed by atoms with Crippen molar-refractivity contribution in [3.05, 3.63) is 71.9 Å². The molecule has 30 heavy (non-hydrogen) atoms. The summed E-state index contributed by atoms with van der Waals surface area (Å²) < 4.78 is 44.1. The van der Waals surface area contributed by atoms with E-state index >= 15 is 0 Å². The first-order valence-electron chi connectivity index (χ1n) is 9.16. The molecule has 2 aromatic carbocycles. The zero-order valence-corrected chi connectivity index (χ0v) is 17.7. The van der Waals surface area contributed by atoms with E-state index in [2.05, 4.69) is 0 Å². The van der Waals surface area contributed by atoms with E-state index in [1.165, 1.54) is 25.4 Å². The normalized spacial score (nSPS) is 19.6. The highest BCUT2D eigenvalue weighted by atomic mass is 32.2. The second-order valence-corrected chi connectivity index (χ2v) is 7.77. The maximum atomic E-state index is 14.5. The number of quaternary nitrogens is 1. The summed E-state index contributed by atoms with van der Waals surface area (Å²) in [5, 5.41) is 1.42. The van der Waals surface area contributed by atoms with E-state index in [9.17, 15) is 13.6 Å². The fraction of sp³-hybridized carbons (Fsp3) is 0.286. The predicted octanol–water partition coefficient (Wildman–Crippen LogP) is 4.29. The van der Waals surface area contributed by atoms with E-state index in [0.29, 0.717) is 10.6 Å². The molecular weight excluding hydrogens is 414 g/mol. The molecule has 1 heterocycles. The summed E-state index contributed by atoms with van der Waals surface area (Å²) in [7, 11) is 2.92. The van der Waals surface area contributed by atoms with Crippen LogP contribution < -0.4 is 4.00 Å². The molecule has 1 amide bonds. The van der Waals surface area contributed by atoms with Crippen LogP contribution in [0, 0.1) is 11.6 Å². The van der Waals surface area contributed by atoms with Gasteiger partial charge in [-0.3, -0.25) is 4.79 Å². The lowest BCUT2D eigenvalue weighted by atomic mass is 10.2. The van der Waals surface area contributed by atoms with E-state index < -0.39 is 17.7 Å². The second kappa shape index (κ2) is 9.67. The van der Waals surface area contributed by atoms with E-state index in [4.69, 9.17) is 14.2 Å². The minimum Gasteiger partial charge on any atom is -0.372 e. The fourth-order valence-corrected chi connectivity index (χ4v) is 4.29. The van der Waals surface area contributed by atoms with Gasteiger partial charge in [-0.1, -0.05) is 22.2 Å². The Morgan fingerprint density at radius 3 is 2.57 bits per heavy atom. The molecule has 160 valence electrons. The molecule has 0 saturated heterocycles. The molecule has 0 unspecified atom stereocenters. The zero-order chi connectivity index (χ0) is 21.7. The van der Waals surface area contributed by atoms with Gasteiger partial charge in [-0.2, -0.15) is 0 Å². The smallest absolute Gasteiger partial charge is 0.302 e. The van der Waals surface area contributed by atoms with Crippen molar-refractivity contribution in [1.82, 2.24) is 9.01 Å². The van der Waals surface area contributed by atoms with E-state index in [0.717, 1.165) is 30.1 Å². The number of carbonyl (C=O) groups is 1. The Bertz CT molecular complexity index is 928. The summed E-state index contributed by atoms with van der Waals surface area (Å²) in [5.41, 5.74) is 0.767. The van der Waals surface area contributed by atoms with Crippen LogP contribution in [-0.4, -0.2) is 44.8 Å². The average molecular weight is 437 g/mol. The van der Waals surface area contributed by atoms with Crippen LogP contribution in [0.5, 0.6) is 0 Å². The standard InChI is InChI=1S/C21H23F2N2O4S/c1-15(28-3)21(26)24-12-20(18-11-16(22)9-10-19(18)23)30-25(24,13-29-14-27-2)17-7-5-4-6-8-17/h4-12,15H,13-14H2,1-3H3/q+1/t15-,25+/m0/s1. The maximum Gasteiger partial charge on any atom is 0.302 e. The van der Waals surface area contributed by atoms with Gasteiger partial charge in [0.05, 0.1) is 6.20 Å². The number of carbonyl (C=O) groups excluding carboxylic acids is 1. The quantitative estimate of drug-likeness (QED) is 0.267. The van der Waals surface area contributed by atoms with Gasteiger partial charge in [0.15, 0.2) is 24.4 Å². The van der Waals surface area contributed by atoms with Crippen LogP contribution >= 0.6 is 11.9 Å². The lowest BCUT2D eigenvalue weighted by Crippen LogP contribution is -2.57. The van der Waals surface area contributed by atoms with Gasteiger partial charge in [-0.25, -0.2) is 8.78 Å². The number of amides is 1. The third kappa shape index (κ3) is 4.40. The van der Waals surface area contributed by atoms with Gasteiger partial charge in [0.2, 0.25) is 6.73 Å². The van der Waals surface area contributed by atoms with Gasteiger partial charge in [0.1, 0.15) is 22.6 Å². The predicted molar refractivity (Wildman–Crippen MR) is 111 cm³/mol. The Balaban J connectivity index is 2.13. The molecule has 2 atom stereocenters. The van der Waals surface area contributed by atoms with Gasteiger partial charge in [-0.15, -0.1) is 5.01 Å². The van der Waals surface area contributed by atoms with Gasteiger partial charge in [-0.05, 0) is 25.1 Å². The first-order chi connectivity index (χ1) is 14.4. The van der Waals surface area contributed by atoms with Crippen LogP contribution in [0.4, 0.5) is 14.5 Å². The number of para-hydroxylation sites is 1. The molecule has 0 spiro atoms. The molecule has 6 nitrogen and oxygen atoms in total. The summed E-state index contributed by atoms with van der Waals surface area (Å²) in [6.45, 7) is 1.62. The number of ether oxygens (including phenoxy) is 3. The first-order valence-corrected chi connectivity index (χ1v) is 9.94. The van der Waals surface area contributed by atoms with Crippen LogP contribution in [0.15, 0.2) is 54.7 Å². The minimum atomic E-state index is -0.762. The molecule has 2 aromatic rings. The van der Waals surface area contributed by atoms with Crippen molar-refractivity contribution in [3.63, 3.8) is 0 Å². The summed E-state index contributed by atoms with van der Waals surface area (Å²) >= 11 is 1.16. The van der Waals surface area contributed by atoms with Crippen molar-refractivity contribution in [2.75, 3.05) is 27.7 Å². The molecule has 0 aromatic heterocycles. The monoisotopic (exact) mass is 437 g/mol. The number of rotatable bonds is 8. The van der Waals surface area contributed by atoms with Crippen LogP contribution in [0.1, 0.15) is 12.5 Å². The van der Waals surface area contributed by atoms with Gasteiger partial charge in [0.25, 0.3) is 0 Å². The summed E-state index contributed by atoms with van der Waals surface area (Å²) in [5.74, 6) is -1.52. The Kier molecular flexibility index (Phi) is 7.22. The average Bonchev–Trinajstić information content (AvgIpc) is 3.15. The highest BCUT2D eigenvalue weighted by Gasteiger charge is 2.50. The second-order valence-electron chi connectivity index (χ2n) is 6.55. The lowest BCUT2D eigenvalue weighted by molar-refractivity contribution is -0.151. The molecule has 0 saturated carbocycles. The molecule has 3 rings (SSSR count). The van der Waals surface area contributed by atoms with Crippen molar-refractivity contribution in [1.29, 1.82) is 0 Å². The van der Waals surface area contributed by atoms with Crippen molar-refractivity contribution >= 4 is 28.4 Å². The lowest BCUT2D eigenvalue weighted by Gasteiger charge is -2.37. The number of hydrogen-bond donors (Lipinski definition) is 0. The molecule has 0 N–H and O–H groups in total. The number of hydrogen-bond acceptors (Lipinski definition) is 5. The van der Waals surface area contributed by atoms with Crippen LogP contribution in [0.3, 0.4) is 0 Å². The van der Waals surface area contributed by atoms with Crippen molar-refractivity contribution in [2.24, 2.45) is 0 Å². The highest BCUT2D eigenvalue weighted by molar-refractivity contribution is 8.08. The van der Waals surface area contributed by atoms with Crippen LogP contribution in [0.2, 0.25) is 0 Å². The number of benzene rings is 2. The number of methoxy groups -OCH3 is 2. The molecule has 9 heteroatoms. The molecule has 0 radical (unpaired) electrons. The third-order valence-corrected chi connectivity index (χ3v) is 5.90. The van der Waals surface area contributed by atoms with Crippen molar-refractivity contribution in [2.45, 2.75) is 13.0 Å². The van der Waals surface area contributed by atoms with E-state index in [1.54, 1.807) is 6.92 Å². The molecule has 1 aliphatic rings. The van der Waals surface area contributed by atoms with Crippen molar-refractivity contribution < 1.29 is 27.8 Å². The topological polar surface area (TPSA) is 48.0 Å². The van der Waals surface area contributed by atoms with Crippen molar-refractivity contribution in [3.8, 4) is 0 Å². The molecule has 0 fully saturated rings. The molecule has 0 aliphatic carbocycles. The maximum absolute atomic E-state index is 14.5. The first kappa shape index (κ1) is 22.4. The number of halogens is 2. The van der Waals surface area contributed by atoms with Gasteiger partial charge < -0.3 is 14.2 Å². The summed E-state index contributed by atoms with van der Waals surface area (Å²) in [6, 6.07) is 12.4. The van der Waals surface area contributed by atoms with Crippen LogP contribution in [0.25, 0.3) is 4.91 Å². The summed E-state index contributed by atoms with van der Waals surface area (Å²) in [6.07, 6.45) is 0.742. The van der Waals surface area contributed by atoms with E-state index in [1.807, 2.05) is 30.3 Å². The third-order valence-electron chi connectivity index (χ3n) is 4.59. The Morgan fingerprint density at radius 1 is 1.17 bits per heavy atom. The zero-order valence-electron chi connectivity index (χ0n) is 16.9. The summed E-state index contributed by atoms with van der Waals surface area (Å²) in [4.78, 5) is 13.6. The van der Waals surface area contributed by atoms with Gasteiger partial charge >= 0.3 is 5.91 Å². The SMILES string of the molecule is COCOC[N@+]1(c2ccccc2)SC(c2cc(F)ccc2F)=CN1C(=O)[C@H](C)OC. The number of nitrogens with zero attached hydrogens (tertiary/aromatic N) is 2. The molecular formula is C21H23F2N2O4S+. The largest absolute Gasteiger partial charge is 0.372 e. The van der Waals surface area contributed by atoms with E-state index in [-0.39, 0.29) is 29.0 Å². The fourth-order valence-electron chi connectivity index (χ4n) is 2.99. The Morgan fingerprint density at radius 2 is 1.90 bits per heavy atom. The minimum absolute atomic E-state index is 0.00108. The van der Waals surface area contributed by atoms with Crippen LogP contribution in [-0.2, 0) is 19.0 Å². The molecule has 0 bridgehead atoms. The van der Waals surface area contributed by atoms with Gasteiger partial charge in [0, 0.05) is 31.9 Å². The Labute approximate surface area is 178 Å². The molecule has 1 aliphatic heterocycles.